The summed E-state index contributed by atoms with van der Waals surface area (Å²) in [6.07, 6.45) is 0.967. The summed E-state index contributed by atoms with van der Waals surface area (Å²) in [6.45, 7) is 4.25. The molecule has 0 aliphatic heterocycles. The first-order valence-electron chi connectivity index (χ1n) is 5.91. The zero-order chi connectivity index (χ0) is 12.8. The van der Waals surface area contributed by atoms with Gasteiger partial charge in [0.25, 0.3) is 0 Å². The summed E-state index contributed by atoms with van der Waals surface area (Å²) in [5, 5.41) is 12.4. The zero-order valence-corrected chi connectivity index (χ0v) is 10.2. The van der Waals surface area contributed by atoms with Crippen LogP contribution in [0.3, 0.4) is 0 Å². The van der Waals surface area contributed by atoms with Crippen molar-refractivity contribution in [3.05, 3.63) is 35.4 Å². The summed E-state index contributed by atoms with van der Waals surface area (Å²) in [4.78, 5) is 0. The van der Waals surface area contributed by atoms with E-state index >= 15 is 0 Å². The molecule has 0 bridgehead atoms. The Bertz CT molecular complexity index is 357. The van der Waals surface area contributed by atoms with Gasteiger partial charge in [-0.15, -0.1) is 0 Å². The lowest BCUT2D eigenvalue weighted by Gasteiger charge is -2.16. The Morgan fingerprint density at radius 1 is 1.35 bits per heavy atom. The standard InChI is InChI=1S/C13H19F2NO/c1-3-11(17)6-7-16-9(2)12-8-10(14)4-5-13(12)15/h4-5,8-9,11,16-17H,3,6-7H2,1-2H3. The first-order valence-corrected chi connectivity index (χ1v) is 5.91. The van der Waals surface area contributed by atoms with E-state index in [1.54, 1.807) is 6.92 Å². The molecule has 4 heteroatoms. The second-order valence-corrected chi connectivity index (χ2v) is 4.19. The summed E-state index contributed by atoms with van der Waals surface area (Å²) in [5.41, 5.74) is 0.316. The molecule has 0 spiro atoms. The fraction of sp³-hybridized carbons (Fsp3) is 0.538. The van der Waals surface area contributed by atoms with Gasteiger partial charge in [-0.3, -0.25) is 0 Å². The number of nitrogens with one attached hydrogen (secondary N) is 1. The summed E-state index contributed by atoms with van der Waals surface area (Å²) < 4.78 is 26.4. The second-order valence-electron chi connectivity index (χ2n) is 4.19. The highest BCUT2D eigenvalue weighted by atomic mass is 19.1. The van der Waals surface area contributed by atoms with Crippen molar-refractivity contribution < 1.29 is 13.9 Å². The molecule has 0 fully saturated rings. The fourth-order valence-electron chi connectivity index (χ4n) is 1.63. The van der Waals surface area contributed by atoms with E-state index < -0.39 is 11.6 Å². The predicted molar refractivity (Wildman–Crippen MR) is 63.7 cm³/mol. The van der Waals surface area contributed by atoms with Crippen LogP contribution in [-0.2, 0) is 0 Å². The molecule has 2 nitrogen and oxygen atoms in total. The molecule has 1 aromatic rings. The van der Waals surface area contributed by atoms with Gasteiger partial charge < -0.3 is 10.4 Å². The van der Waals surface area contributed by atoms with Gasteiger partial charge in [-0.25, -0.2) is 8.78 Å². The maximum Gasteiger partial charge on any atom is 0.128 e. The van der Waals surface area contributed by atoms with Crippen LogP contribution in [-0.4, -0.2) is 17.8 Å². The van der Waals surface area contributed by atoms with Gasteiger partial charge in [0.15, 0.2) is 0 Å². The van der Waals surface area contributed by atoms with E-state index in [4.69, 9.17) is 0 Å². The van der Waals surface area contributed by atoms with Gasteiger partial charge in [-0.2, -0.15) is 0 Å². The Morgan fingerprint density at radius 3 is 2.71 bits per heavy atom. The van der Waals surface area contributed by atoms with Crippen molar-refractivity contribution in [2.24, 2.45) is 0 Å². The van der Waals surface area contributed by atoms with E-state index in [9.17, 15) is 13.9 Å². The molecule has 0 aliphatic carbocycles. The third-order valence-electron chi connectivity index (χ3n) is 2.82. The Labute approximate surface area is 101 Å². The van der Waals surface area contributed by atoms with Gasteiger partial charge in [0.05, 0.1) is 6.10 Å². The lowest BCUT2D eigenvalue weighted by atomic mass is 10.1. The number of halogens is 2. The van der Waals surface area contributed by atoms with E-state index in [2.05, 4.69) is 5.32 Å². The van der Waals surface area contributed by atoms with Crippen molar-refractivity contribution in [2.45, 2.75) is 38.8 Å². The van der Waals surface area contributed by atoms with Crippen LogP contribution in [0.1, 0.15) is 38.3 Å². The van der Waals surface area contributed by atoms with Crippen LogP contribution in [0, 0.1) is 11.6 Å². The van der Waals surface area contributed by atoms with Gasteiger partial charge >= 0.3 is 0 Å². The molecule has 0 radical (unpaired) electrons. The number of aliphatic hydroxyl groups excluding tert-OH is 1. The molecule has 2 N–H and O–H groups in total. The smallest absolute Gasteiger partial charge is 0.128 e. The molecule has 0 heterocycles. The quantitative estimate of drug-likeness (QED) is 0.805. The maximum atomic E-state index is 13.4. The van der Waals surface area contributed by atoms with Gasteiger partial charge in [0.2, 0.25) is 0 Å². The second kappa shape index (κ2) is 6.67. The van der Waals surface area contributed by atoms with E-state index in [0.29, 0.717) is 24.9 Å². The third kappa shape index (κ3) is 4.40. The third-order valence-corrected chi connectivity index (χ3v) is 2.82. The van der Waals surface area contributed by atoms with Crippen LogP contribution in [0.5, 0.6) is 0 Å². The highest BCUT2D eigenvalue weighted by Gasteiger charge is 2.11. The Morgan fingerprint density at radius 2 is 2.06 bits per heavy atom. The van der Waals surface area contributed by atoms with E-state index in [1.165, 1.54) is 6.07 Å². The predicted octanol–water partition coefficient (Wildman–Crippen LogP) is 2.78. The first kappa shape index (κ1) is 14.1. The van der Waals surface area contributed by atoms with Gasteiger partial charge in [-0.1, -0.05) is 6.92 Å². The lowest BCUT2D eigenvalue weighted by molar-refractivity contribution is 0.158. The number of rotatable bonds is 6. The summed E-state index contributed by atoms with van der Waals surface area (Å²) in [6, 6.07) is 3.16. The van der Waals surface area contributed by atoms with Crippen molar-refractivity contribution in [3.63, 3.8) is 0 Å². The number of hydrogen-bond donors (Lipinski definition) is 2. The number of benzene rings is 1. The molecule has 0 saturated heterocycles. The first-order chi connectivity index (χ1) is 8.04. The SMILES string of the molecule is CCC(O)CCNC(C)c1cc(F)ccc1F. The van der Waals surface area contributed by atoms with Crippen LogP contribution < -0.4 is 5.32 Å². The molecule has 0 aliphatic rings. The average Bonchev–Trinajstić information content (AvgIpc) is 2.31. The van der Waals surface area contributed by atoms with Crippen LogP contribution in [0.15, 0.2) is 18.2 Å². The Kier molecular flexibility index (Phi) is 5.51. The van der Waals surface area contributed by atoms with Crippen LogP contribution in [0.2, 0.25) is 0 Å². The van der Waals surface area contributed by atoms with Crippen molar-refractivity contribution in [1.82, 2.24) is 5.32 Å². The van der Waals surface area contributed by atoms with E-state index in [1.807, 2.05) is 6.92 Å². The number of aliphatic hydroxyl groups is 1. The highest BCUT2D eigenvalue weighted by molar-refractivity contribution is 5.21. The normalized spacial score (nSPS) is 14.6. The zero-order valence-electron chi connectivity index (χ0n) is 10.2. The maximum absolute atomic E-state index is 13.4. The van der Waals surface area contributed by atoms with Crippen molar-refractivity contribution in [2.75, 3.05) is 6.54 Å². The van der Waals surface area contributed by atoms with E-state index in [0.717, 1.165) is 12.1 Å². The Hall–Kier alpha value is -1.00. The molecule has 0 aromatic heterocycles. The highest BCUT2D eigenvalue weighted by Crippen LogP contribution is 2.17. The molecular formula is C13H19F2NO. The summed E-state index contributed by atoms with van der Waals surface area (Å²) in [7, 11) is 0. The van der Waals surface area contributed by atoms with E-state index in [-0.39, 0.29) is 12.1 Å². The molecule has 17 heavy (non-hydrogen) atoms. The van der Waals surface area contributed by atoms with Crippen molar-refractivity contribution in [3.8, 4) is 0 Å². The summed E-state index contributed by atoms with van der Waals surface area (Å²) in [5.74, 6) is -0.855. The van der Waals surface area contributed by atoms with Gasteiger partial charge in [0, 0.05) is 11.6 Å². The van der Waals surface area contributed by atoms with Gasteiger partial charge in [-0.05, 0) is 44.5 Å². The van der Waals surface area contributed by atoms with Crippen LogP contribution in [0.25, 0.3) is 0 Å². The fourth-order valence-corrected chi connectivity index (χ4v) is 1.63. The van der Waals surface area contributed by atoms with Crippen molar-refractivity contribution in [1.29, 1.82) is 0 Å². The van der Waals surface area contributed by atoms with Gasteiger partial charge in [0.1, 0.15) is 11.6 Å². The minimum absolute atomic E-state index is 0.269. The topological polar surface area (TPSA) is 32.3 Å². The number of hydrogen-bond acceptors (Lipinski definition) is 2. The monoisotopic (exact) mass is 243 g/mol. The molecule has 2 unspecified atom stereocenters. The average molecular weight is 243 g/mol. The largest absolute Gasteiger partial charge is 0.393 e. The molecule has 0 amide bonds. The molecule has 2 atom stereocenters. The summed E-state index contributed by atoms with van der Waals surface area (Å²) >= 11 is 0. The molecular weight excluding hydrogens is 224 g/mol. The molecule has 1 rings (SSSR count). The molecule has 1 aromatic carbocycles. The molecule has 0 saturated carbocycles. The minimum Gasteiger partial charge on any atom is -0.393 e. The Balaban J connectivity index is 2.52. The van der Waals surface area contributed by atoms with Crippen LogP contribution in [0.4, 0.5) is 8.78 Å². The van der Waals surface area contributed by atoms with Crippen LogP contribution >= 0.6 is 0 Å². The minimum atomic E-state index is -0.441. The molecule has 96 valence electrons. The lowest BCUT2D eigenvalue weighted by Crippen LogP contribution is -2.24. The van der Waals surface area contributed by atoms with Crippen molar-refractivity contribution >= 4 is 0 Å².